The number of nitriles is 1. The zero-order chi connectivity index (χ0) is 14.9. The van der Waals surface area contributed by atoms with Gasteiger partial charge in [0.15, 0.2) is 0 Å². The second-order valence-electron chi connectivity index (χ2n) is 5.01. The first-order chi connectivity index (χ1) is 9.43. The van der Waals surface area contributed by atoms with Crippen LogP contribution in [0.15, 0.2) is 12.1 Å². The van der Waals surface area contributed by atoms with E-state index in [0.29, 0.717) is 13.0 Å². The average molecular weight is 280 g/mol. The molecule has 1 aromatic carbocycles. The molecule has 2 rings (SSSR count). The van der Waals surface area contributed by atoms with Gasteiger partial charge in [0.1, 0.15) is 17.2 Å². The SMILES string of the molecule is CC1CCN(C(=O)c2c(F)cc(C#N)cc2F)CC1O. The number of rotatable bonds is 1. The summed E-state index contributed by atoms with van der Waals surface area (Å²) >= 11 is 0. The van der Waals surface area contributed by atoms with Gasteiger partial charge in [0.05, 0.1) is 17.7 Å². The van der Waals surface area contributed by atoms with E-state index in [-0.39, 0.29) is 18.0 Å². The summed E-state index contributed by atoms with van der Waals surface area (Å²) in [6, 6.07) is 3.29. The molecular weight excluding hydrogens is 266 g/mol. The Balaban J connectivity index is 2.28. The molecule has 20 heavy (non-hydrogen) atoms. The first-order valence-corrected chi connectivity index (χ1v) is 6.30. The largest absolute Gasteiger partial charge is 0.391 e. The fourth-order valence-electron chi connectivity index (χ4n) is 2.23. The molecule has 4 nitrogen and oxygen atoms in total. The Hall–Kier alpha value is -2.00. The first-order valence-electron chi connectivity index (χ1n) is 6.30. The number of β-amino-alcohol motifs (C(OH)–C–C–N with tert-alkyl or cyclic N) is 1. The van der Waals surface area contributed by atoms with Gasteiger partial charge < -0.3 is 10.0 Å². The summed E-state index contributed by atoms with van der Waals surface area (Å²) in [6.45, 7) is 2.25. The zero-order valence-electron chi connectivity index (χ0n) is 10.9. The van der Waals surface area contributed by atoms with Crippen LogP contribution in [0.3, 0.4) is 0 Å². The lowest BCUT2D eigenvalue weighted by atomic mass is 9.95. The van der Waals surface area contributed by atoms with Crippen LogP contribution in [0.1, 0.15) is 29.3 Å². The number of nitrogens with zero attached hydrogens (tertiary/aromatic N) is 2. The number of halogens is 2. The van der Waals surface area contributed by atoms with Crippen LogP contribution >= 0.6 is 0 Å². The molecule has 1 heterocycles. The number of carbonyl (C=O) groups is 1. The van der Waals surface area contributed by atoms with Crippen LogP contribution in [0.2, 0.25) is 0 Å². The molecule has 0 aromatic heterocycles. The maximum atomic E-state index is 13.8. The second-order valence-corrected chi connectivity index (χ2v) is 5.01. The van der Waals surface area contributed by atoms with Gasteiger partial charge in [-0.05, 0) is 24.5 Å². The van der Waals surface area contributed by atoms with Crippen molar-refractivity contribution in [3.63, 3.8) is 0 Å². The topological polar surface area (TPSA) is 64.3 Å². The van der Waals surface area contributed by atoms with E-state index in [1.165, 1.54) is 4.90 Å². The molecule has 2 atom stereocenters. The van der Waals surface area contributed by atoms with Crippen molar-refractivity contribution in [2.24, 2.45) is 5.92 Å². The monoisotopic (exact) mass is 280 g/mol. The molecule has 1 amide bonds. The van der Waals surface area contributed by atoms with Crippen molar-refractivity contribution in [3.05, 3.63) is 34.9 Å². The van der Waals surface area contributed by atoms with Gasteiger partial charge in [0, 0.05) is 13.1 Å². The molecule has 1 saturated heterocycles. The van der Waals surface area contributed by atoms with Crippen molar-refractivity contribution in [2.75, 3.05) is 13.1 Å². The number of carbonyl (C=O) groups excluding carboxylic acids is 1. The van der Waals surface area contributed by atoms with Crippen molar-refractivity contribution in [1.82, 2.24) is 4.90 Å². The van der Waals surface area contributed by atoms with Crippen LogP contribution < -0.4 is 0 Å². The van der Waals surface area contributed by atoms with Gasteiger partial charge in [-0.1, -0.05) is 6.92 Å². The van der Waals surface area contributed by atoms with Crippen LogP contribution in [-0.4, -0.2) is 35.1 Å². The number of likely N-dealkylation sites (tertiary alicyclic amines) is 1. The minimum atomic E-state index is -1.06. The standard InChI is InChI=1S/C14H14F2N2O2/c1-8-2-3-18(7-12(8)19)14(20)13-10(15)4-9(6-17)5-11(13)16/h4-5,8,12,19H,2-3,7H2,1H3. The fourth-order valence-corrected chi connectivity index (χ4v) is 2.23. The summed E-state index contributed by atoms with van der Waals surface area (Å²) in [5.74, 6) is -2.86. The van der Waals surface area contributed by atoms with E-state index in [2.05, 4.69) is 0 Å². The summed E-state index contributed by atoms with van der Waals surface area (Å²) in [6.07, 6.45) is -0.121. The molecule has 2 unspecified atom stereocenters. The molecule has 0 spiro atoms. The molecule has 0 aliphatic carbocycles. The minimum Gasteiger partial charge on any atom is -0.391 e. The fraction of sp³-hybridized carbons (Fsp3) is 0.429. The minimum absolute atomic E-state index is 0.0507. The number of piperidine rings is 1. The van der Waals surface area contributed by atoms with E-state index in [1.54, 1.807) is 6.07 Å². The Morgan fingerprint density at radius 3 is 2.55 bits per heavy atom. The molecule has 0 saturated carbocycles. The summed E-state index contributed by atoms with van der Waals surface area (Å²) in [4.78, 5) is 13.4. The van der Waals surface area contributed by atoms with Gasteiger partial charge in [-0.25, -0.2) is 8.78 Å². The highest BCUT2D eigenvalue weighted by molar-refractivity contribution is 5.95. The number of hydrogen-bond acceptors (Lipinski definition) is 3. The summed E-state index contributed by atoms with van der Waals surface area (Å²) in [7, 11) is 0. The van der Waals surface area contributed by atoms with Gasteiger partial charge in [0.25, 0.3) is 5.91 Å². The van der Waals surface area contributed by atoms with Gasteiger partial charge in [-0.15, -0.1) is 0 Å². The molecule has 1 fully saturated rings. The molecule has 1 aliphatic rings. The van der Waals surface area contributed by atoms with Crippen molar-refractivity contribution in [2.45, 2.75) is 19.4 Å². The normalized spacial score (nSPS) is 22.4. The number of benzene rings is 1. The van der Waals surface area contributed by atoms with E-state index in [9.17, 15) is 18.7 Å². The van der Waals surface area contributed by atoms with Gasteiger partial charge >= 0.3 is 0 Å². The molecule has 6 heteroatoms. The van der Waals surface area contributed by atoms with Crippen molar-refractivity contribution in [3.8, 4) is 6.07 Å². The van der Waals surface area contributed by atoms with E-state index in [0.717, 1.165) is 12.1 Å². The third-order valence-electron chi connectivity index (χ3n) is 3.59. The molecule has 1 aliphatic heterocycles. The van der Waals surface area contributed by atoms with Crippen LogP contribution in [0.25, 0.3) is 0 Å². The lowest BCUT2D eigenvalue weighted by molar-refractivity contribution is 0.0243. The highest BCUT2D eigenvalue weighted by Crippen LogP contribution is 2.22. The molecule has 0 radical (unpaired) electrons. The van der Waals surface area contributed by atoms with Crippen LogP contribution in [0.4, 0.5) is 8.78 Å². The van der Waals surface area contributed by atoms with Crippen molar-refractivity contribution < 1.29 is 18.7 Å². The Morgan fingerprint density at radius 2 is 2.05 bits per heavy atom. The lowest BCUT2D eigenvalue weighted by Crippen LogP contribution is -2.46. The third kappa shape index (κ3) is 2.63. The number of hydrogen-bond donors (Lipinski definition) is 1. The average Bonchev–Trinajstić information content (AvgIpc) is 2.40. The predicted molar refractivity (Wildman–Crippen MR) is 66.8 cm³/mol. The van der Waals surface area contributed by atoms with Crippen LogP contribution in [0, 0.1) is 28.9 Å². The van der Waals surface area contributed by atoms with Gasteiger partial charge in [-0.2, -0.15) is 5.26 Å². The molecular formula is C14H14F2N2O2. The predicted octanol–water partition coefficient (Wildman–Crippen LogP) is 1.68. The van der Waals surface area contributed by atoms with Gasteiger partial charge in [0.2, 0.25) is 0 Å². The highest BCUT2D eigenvalue weighted by Gasteiger charge is 2.30. The molecule has 0 bridgehead atoms. The van der Waals surface area contributed by atoms with E-state index < -0.39 is 29.2 Å². The van der Waals surface area contributed by atoms with E-state index >= 15 is 0 Å². The maximum Gasteiger partial charge on any atom is 0.259 e. The third-order valence-corrected chi connectivity index (χ3v) is 3.59. The van der Waals surface area contributed by atoms with Gasteiger partial charge in [-0.3, -0.25) is 4.79 Å². The summed E-state index contributed by atoms with van der Waals surface area (Å²) in [5, 5.41) is 18.4. The Labute approximate surface area is 115 Å². The Kier molecular flexibility index (Phi) is 4.00. The Bertz CT molecular complexity index is 560. The van der Waals surface area contributed by atoms with E-state index in [4.69, 9.17) is 5.26 Å². The number of aliphatic hydroxyl groups is 1. The van der Waals surface area contributed by atoms with E-state index in [1.807, 2.05) is 6.92 Å². The first kappa shape index (κ1) is 14.4. The molecule has 106 valence electrons. The molecule has 1 aromatic rings. The van der Waals surface area contributed by atoms with Crippen molar-refractivity contribution in [1.29, 1.82) is 5.26 Å². The summed E-state index contributed by atoms with van der Waals surface area (Å²) < 4.78 is 27.6. The smallest absolute Gasteiger partial charge is 0.259 e. The lowest BCUT2D eigenvalue weighted by Gasteiger charge is -2.34. The molecule has 1 N–H and O–H groups in total. The van der Waals surface area contributed by atoms with Crippen molar-refractivity contribution >= 4 is 5.91 Å². The Morgan fingerprint density at radius 1 is 1.45 bits per heavy atom. The van der Waals surface area contributed by atoms with Crippen LogP contribution in [0.5, 0.6) is 0 Å². The quantitative estimate of drug-likeness (QED) is 0.851. The van der Waals surface area contributed by atoms with Crippen LogP contribution in [-0.2, 0) is 0 Å². The summed E-state index contributed by atoms with van der Waals surface area (Å²) in [5.41, 5.74) is -0.852. The number of amides is 1. The second kappa shape index (κ2) is 5.55. The highest BCUT2D eigenvalue weighted by atomic mass is 19.1. The maximum absolute atomic E-state index is 13.8. The zero-order valence-corrected chi connectivity index (χ0v) is 10.9. The number of aliphatic hydroxyl groups excluding tert-OH is 1.